The molecule has 0 radical (unpaired) electrons. The Morgan fingerprint density at radius 2 is 1.00 bits per heavy atom. The summed E-state index contributed by atoms with van der Waals surface area (Å²) in [4.78, 5) is 0. The first-order valence-corrected chi connectivity index (χ1v) is 5.14. The molecule has 0 saturated carbocycles. The van der Waals surface area contributed by atoms with Crippen molar-refractivity contribution in [2.24, 2.45) is 0 Å². The molecule has 0 unspecified atom stereocenters. The van der Waals surface area contributed by atoms with Gasteiger partial charge in [-0.3, -0.25) is 0 Å². The molecule has 0 atom stereocenters. The fraction of sp³-hybridized carbons (Fsp3) is 0.200. The van der Waals surface area contributed by atoms with Crippen molar-refractivity contribution < 1.29 is 37.7 Å². The van der Waals surface area contributed by atoms with E-state index in [0.29, 0.717) is 0 Å². The zero-order chi connectivity index (χ0) is 10.7. The van der Waals surface area contributed by atoms with E-state index in [-0.39, 0.29) is 43.1 Å². The van der Waals surface area contributed by atoms with Gasteiger partial charge in [0.15, 0.2) is 0 Å². The predicted octanol–water partition coefficient (Wildman–Crippen LogP) is -2.38. The van der Waals surface area contributed by atoms with Gasteiger partial charge in [0, 0.05) is 0 Å². The first kappa shape index (κ1) is 16.6. The maximum Gasteiger partial charge on any atom is 1.00 e. The summed E-state index contributed by atoms with van der Waals surface area (Å²) < 4.78 is 0. The summed E-state index contributed by atoms with van der Waals surface area (Å²) in [6.45, 7) is 4.47. The minimum Gasteiger partial charge on any atom is -0.184 e. The molecule has 2 aromatic carbocycles. The smallest absolute Gasteiger partial charge is 0.184 e. The molecule has 2 aromatic rings. The molecule has 17 heavy (non-hydrogen) atoms. The predicted molar refractivity (Wildman–Crippen MR) is 62.7 cm³/mol. The minimum absolute atomic E-state index is 0. The van der Waals surface area contributed by atoms with Crippen LogP contribution < -0.4 is 37.7 Å². The number of rotatable bonds is 2. The van der Waals surface area contributed by atoms with Gasteiger partial charge in [0.25, 0.3) is 0 Å². The van der Waals surface area contributed by atoms with Crippen molar-refractivity contribution in [2.75, 3.05) is 0 Å². The molecule has 0 N–H and O–H groups in total. The van der Waals surface area contributed by atoms with Crippen LogP contribution in [0.1, 0.15) is 25.0 Å². The van der Waals surface area contributed by atoms with E-state index >= 15 is 0 Å². The third-order valence-electron chi connectivity index (χ3n) is 2.88. The van der Waals surface area contributed by atoms with E-state index in [9.17, 15) is 0 Å². The molecular formula is C15H14Li2. The van der Waals surface area contributed by atoms with Crippen LogP contribution in [0.25, 0.3) is 0 Å². The van der Waals surface area contributed by atoms with Crippen molar-refractivity contribution in [1.82, 2.24) is 0 Å². The van der Waals surface area contributed by atoms with Crippen molar-refractivity contribution in [3.63, 3.8) is 0 Å². The molecule has 0 spiro atoms. The fourth-order valence-electron chi connectivity index (χ4n) is 1.77. The number of hydrogen-bond donors (Lipinski definition) is 0. The molecule has 0 aliphatic rings. The molecule has 0 bridgehead atoms. The van der Waals surface area contributed by atoms with Crippen LogP contribution in [0.4, 0.5) is 0 Å². The second-order valence-electron chi connectivity index (χ2n) is 4.20. The molecular weight excluding hydrogens is 194 g/mol. The quantitative estimate of drug-likeness (QED) is 0.382. The molecule has 2 rings (SSSR count). The van der Waals surface area contributed by atoms with Gasteiger partial charge >= 0.3 is 37.7 Å². The van der Waals surface area contributed by atoms with Crippen molar-refractivity contribution in [3.05, 3.63) is 71.8 Å². The van der Waals surface area contributed by atoms with Crippen molar-refractivity contribution >= 4 is 0 Å². The standard InChI is InChI=1S/C15H14.2Li/c1-15(2,13-9-5-3-6-10-13)14-11-7-4-8-12-14;;/h5-12H,1-2H3;;/q-2;2*+1. The third kappa shape index (κ3) is 3.81. The summed E-state index contributed by atoms with van der Waals surface area (Å²) in [5, 5.41) is 0. The Labute approximate surface area is 128 Å². The monoisotopic (exact) mass is 208 g/mol. The van der Waals surface area contributed by atoms with Gasteiger partial charge < -0.3 is 0 Å². The van der Waals surface area contributed by atoms with Crippen LogP contribution in [0, 0.1) is 12.1 Å². The van der Waals surface area contributed by atoms with Gasteiger partial charge in [-0.15, -0.1) is 11.1 Å². The Bertz CT molecular complexity index is 380. The van der Waals surface area contributed by atoms with E-state index in [4.69, 9.17) is 0 Å². The maximum absolute atomic E-state index is 3.05. The van der Waals surface area contributed by atoms with Gasteiger partial charge in [-0.25, -0.2) is 0 Å². The van der Waals surface area contributed by atoms with E-state index in [0.717, 1.165) is 0 Å². The van der Waals surface area contributed by atoms with Gasteiger partial charge in [0.1, 0.15) is 0 Å². The zero-order valence-electron chi connectivity index (χ0n) is 11.1. The summed E-state index contributed by atoms with van der Waals surface area (Å²) in [5.41, 5.74) is 2.67. The summed E-state index contributed by atoms with van der Waals surface area (Å²) in [6.07, 6.45) is 0. The summed E-state index contributed by atoms with van der Waals surface area (Å²) in [5.74, 6) is 0. The van der Waals surface area contributed by atoms with Crippen LogP contribution in [-0.4, -0.2) is 0 Å². The molecule has 0 aromatic heterocycles. The van der Waals surface area contributed by atoms with E-state index in [1.807, 2.05) is 24.3 Å². The first-order valence-electron chi connectivity index (χ1n) is 5.14. The van der Waals surface area contributed by atoms with Crippen LogP contribution >= 0.6 is 0 Å². The molecule has 0 amide bonds. The Balaban J connectivity index is 0.00000128. The maximum atomic E-state index is 3.05. The molecule has 0 fully saturated rings. The van der Waals surface area contributed by atoms with Crippen molar-refractivity contribution in [3.8, 4) is 0 Å². The van der Waals surface area contributed by atoms with E-state index < -0.39 is 0 Å². The minimum atomic E-state index is 0. The second kappa shape index (κ2) is 7.15. The fourth-order valence-corrected chi connectivity index (χ4v) is 1.77. The molecule has 0 heterocycles. The Hall–Kier alpha value is -0.365. The topological polar surface area (TPSA) is 0 Å². The third-order valence-corrected chi connectivity index (χ3v) is 2.88. The summed E-state index contributed by atoms with van der Waals surface area (Å²) in [6, 6.07) is 22.4. The van der Waals surface area contributed by atoms with Gasteiger partial charge in [0.05, 0.1) is 0 Å². The molecule has 76 valence electrons. The zero-order valence-corrected chi connectivity index (χ0v) is 11.1. The van der Waals surface area contributed by atoms with Crippen LogP contribution in [0.3, 0.4) is 0 Å². The molecule has 0 aliphatic carbocycles. The van der Waals surface area contributed by atoms with E-state index in [1.54, 1.807) is 0 Å². The molecule has 0 aliphatic heterocycles. The summed E-state index contributed by atoms with van der Waals surface area (Å²) in [7, 11) is 0. The van der Waals surface area contributed by atoms with E-state index in [2.05, 4.69) is 50.2 Å². The second-order valence-corrected chi connectivity index (χ2v) is 4.20. The average Bonchev–Trinajstić information content (AvgIpc) is 2.31. The molecule has 0 saturated heterocycles. The first-order chi connectivity index (χ1) is 7.21. The molecule has 0 nitrogen and oxygen atoms in total. The number of benzene rings is 2. The van der Waals surface area contributed by atoms with Gasteiger partial charge in [-0.2, -0.15) is 60.7 Å². The van der Waals surface area contributed by atoms with Crippen LogP contribution in [0.15, 0.2) is 48.5 Å². The van der Waals surface area contributed by atoms with Gasteiger partial charge in [-0.05, 0) is 5.41 Å². The molecule has 2 heteroatoms. The van der Waals surface area contributed by atoms with Crippen LogP contribution in [0.5, 0.6) is 0 Å². The van der Waals surface area contributed by atoms with Gasteiger partial charge in [0.2, 0.25) is 0 Å². The Morgan fingerprint density at radius 1 is 0.706 bits per heavy atom. The van der Waals surface area contributed by atoms with Gasteiger partial charge in [-0.1, -0.05) is 13.8 Å². The van der Waals surface area contributed by atoms with Crippen molar-refractivity contribution in [2.45, 2.75) is 19.3 Å². The SMILES string of the molecule is CC(C)(c1cc[c-]cc1)c1cc[c-]cc1.[Li+].[Li+]. The normalized spacial score (nSPS) is 10.0. The van der Waals surface area contributed by atoms with E-state index in [1.165, 1.54) is 11.1 Å². The van der Waals surface area contributed by atoms with Crippen molar-refractivity contribution in [1.29, 1.82) is 0 Å². The number of hydrogen-bond acceptors (Lipinski definition) is 0. The Morgan fingerprint density at radius 3 is 1.29 bits per heavy atom. The Kier molecular flexibility index (Phi) is 7.00. The van der Waals surface area contributed by atoms with Crippen LogP contribution in [-0.2, 0) is 5.41 Å². The largest absolute Gasteiger partial charge is 1.00 e. The average molecular weight is 208 g/mol. The summed E-state index contributed by atoms with van der Waals surface area (Å²) >= 11 is 0. The van der Waals surface area contributed by atoms with Crippen LogP contribution in [0.2, 0.25) is 0 Å².